The molecule has 0 unspecified atom stereocenters. The number of oxime groups is 1. The molecule has 1 amide bonds. The van der Waals surface area contributed by atoms with Crippen LogP contribution in [0.4, 0.5) is 10.1 Å². The van der Waals surface area contributed by atoms with Crippen molar-refractivity contribution in [2.75, 3.05) is 25.2 Å². The second kappa shape index (κ2) is 9.52. The second-order valence-corrected chi connectivity index (χ2v) is 7.08. The maximum Gasteiger partial charge on any atom is 0.223 e. The molecule has 0 atom stereocenters. The largest absolute Gasteiger partial charge is 0.489 e. The fraction of sp³-hybridized carbons (Fsp3) is 0.364. The summed E-state index contributed by atoms with van der Waals surface area (Å²) in [7, 11) is 1.71. The van der Waals surface area contributed by atoms with Crippen LogP contribution in [0.5, 0.6) is 5.75 Å². The molecule has 0 radical (unpaired) electrons. The van der Waals surface area contributed by atoms with Crippen LogP contribution in [-0.2, 0) is 16.1 Å². The van der Waals surface area contributed by atoms with Gasteiger partial charge < -0.3 is 19.6 Å². The summed E-state index contributed by atoms with van der Waals surface area (Å²) in [5.74, 6) is -0.122. The number of nitrogens with zero attached hydrogens (tertiary/aromatic N) is 2. The van der Waals surface area contributed by atoms with Gasteiger partial charge in [-0.15, -0.1) is 0 Å². The van der Waals surface area contributed by atoms with Gasteiger partial charge in [0.2, 0.25) is 5.91 Å². The van der Waals surface area contributed by atoms with E-state index in [4.69, 9.17) is 9.47 Å². The molecular weight excluding hydrogens is 375 g/mol. The maximum absolute atomic E-state index is 14.2. The first-order valence-corrected chi connectivity index (χ1v) is 9.54. The van der Waals surface area contributed by atoms with Crippen LogP contribution in [0.2, 0.25) is 0 Å². The fourth-order valence-electron chi connectivity index (χ4n) is 3.30. The number of rotatable bonds is 6. The molecule has 0 spiro atoms. The number of carbonyl (C=O) groups excluding carboxylic acids is 1. The van der Waals surface area contributed by atoms with Gasteiger partial charge in [0.1, 0.15) is 18.2 Å². The zero-order chi connectivity index (χ0) is 20.8. The predicted molar refractivity (Wildman–Crippen MR) is 108 cm³/mol. The number of carbonyl (C=O) groups is 1. The molecule has 1 aliphatic heterocycles. The Morgan fingerprint density at radius 1 is 1.24 bits per heavy atom. The van der Waals surface area contributed by atoms with Gasteiger partial charge in [0, 0.05) is 50.4 Å². The van der Waals surface area contributed by atoms with Crippen molar-refractivity contribution in [1.29, 1.82) is 0 Å². The highest BCUT2D eigenvalue weighted by atomic mass is 19.1. The van der Waals surface area contributed by atoms with Crippen LogP contribution in [0.25, 0.3) is 0 Å². The van der Waals surface area contributed by atoms with Gasteiger partial charge in [0.15, 0.2) is 0 Å². The van der Waals surface area contributed by atoms with Gasteiger partial charge in [-0.25, -0.2) is 4.39 Å². The van der Waals surface area contributed by atoms with E-state index < -0.39 is 5.82 Å². The van der Waals surface area contributed by atoms with Crippen molar-refractivity contribution in [2.45, 2.75) is 26.4 Å². The lowest BCUT2D eigenvalue weighted by Gasteiger charge is -2.23. The van der Waals surface area contributed by atoms with Gasteiger partial charge in [-0.05, 0) is 42.7 Å². The van der Waals surface area contributed by atoms with Crippen molar-refractivity contribution in [3.05, 3.63) is 59.4 Å². The smallest absolute Gasteiger partial charge is 0.223 e. The van der Waals surface area contributed by atoms with Gasteiger partial charge in [0.05, 0.1) is 5.71 Å². The molecule has 6 nitrogen and oxygen atoms in total. The number of hydrogen-bond acceptors (Lipinski definition) is 5. The molecule has 7 heteroatoms. The zero-order valence-electron chi connectivity index (χ0n) is 16.6. The first kappa shape index (κ1) is 20.8. The lowest BCUT2D eigenvalue weighted by atomic mass is 9.90. The van der Waals surface area contributed by atoms with Gasteiger partial charge in [-0.1, -0.05) is 17.3 Å². The standard InChI is InChI=1S/C22H25FN2O4/c1-15(26)25(2)20-5-3-16(4-6-20)14-29-21-12-18(11-19(23)13-21)22(24-27)17-7-9-28-10-8-17/h3-6,11-13,17,27H,7-10,14H2,1-2H3. The zero-order valence-corrected chi connectivity index (χ0v) is 16.6. The van der Waals surface area contributed by atoms with E-state index in [0.717, 1.165) is 24.1 Å². The second-order valence-electron chi connectivity index (χ2n) is 7.08. The minimum absolute atomic E-state index is 0.0224. The maximum atomic E-state index is 14.2. The predicted octanol–water partition coefficient (Wildman–Crippen LogP) is 3.99. The molecule has 1 heterocycles. The van der Waals surface area contributed by atoms with Crippen molar-refractivity contribution >= 4 is 17.3 Å². The van der Waals surface area contributed by atoms with Crippen molar-refractivity contribution in [1.82, 2.24) is 0 Å². The Morgan fingerprint density at radius 3 is 2.55 bits per heavy atom. The molecule has 1 aliphatic rings. The number of benzene rings is 2. The van der Waals surface area contributed by atoms with Crippen molar-refractivity contribution < 1.29 is 23.9 Å². The Hall–Kier alpha value is -2.93. The van der Waals surface area contributed by atoms with Crippen LogP contribution >= 0.6 is 0 Å². The van der Waals surface area contributed by atoms with E-state index in [9.17, 15) is 14.4 Å². The first-order valence-electron chi connectivity index (χ1n) is 9.54. The molecule has 0 bridgehead atoms. The third-order valence-electron chi connectivity index (χ3n) is 5.08. The topological polar surface area (TPSA) is 71.4 Å². The van der Waals surface area contributed by atoms with Gasteiger partial charge >= 0.3 is 0 Å². The highest BCUT2D eigenvalue weighted by Gasteiger charge is 2.22. The summed E-state index contributed by atoms with van der Waals surface area (Å²) in [5, 5.41) is 12.9. The van der Waals surface area contributed by atoms with Crippen LogP contribution in [0.1, 0.15) is 30.9 Å². The molecule has 0 aromatic heterocycles. The lowest BCUT2D eigenvalue weighted by Crippen LogP contribution is -2.24. The van der Waals surface area contributed by atoms with Crippen LogP contribution in [-0.4, -0.2) is 37.1 Å². The molecule has 1 saturated heterocycles. The van der Waals surface area contributed by atoms with Crippen LogP contribution < -0.4 is 9.64 Å². The first-order chi connectivity index (χ1) is 14.0. The average molecular weight is 400 g/mol. The average Bonchev–Trinajstić information content (AvgIpc) is 2.73. The summed E-state index contributed by atoms with van der Waals surface area (Å²) in [6.07, 6.45) is 1.46. The van der Waals surface area contributed by atoms with E-state index >= 15 is 0 Å². The SMILES string of the molecule is CC(=O)N(C)c1ccc(COc2cc(F)cc(C(=NO)C3CCOCC3)c2)cc1. The van der Waals surface area contributed by atoms with Crippen molar-refractivity contribution in [2.24, 2.45) is 11.1 Å². The van der Waals surface area contributed by atoms with Gasteiger partial charge in [0.25, 0.3) is 0 Å². The van der Waals surface area contributed by atoms with Crippen molar-refractivity contribution in [3.63, 3.8) is 0 Å². The molecule has 29 heavy (non-hydrogen) atoms. The third-order valence-corrected chi connectivity index (χ3v) is 5.08. The highest BCUT2D eigenvalue weighted by Crippen LogP contribution is 2.25. The Morgan fingerprint density at radius 2 is 1.93 bits per heavy atom. The van der Waals surface area contributed by atoms with Crippen molar-refractivity contribution in [3.8, 4) is 5.75 Å². The van der Waals surface area contributed by atoms with E-state index in [-0.39, 0.29) is 18.4 Å². The Balaban J connectivity index is 1.70. The van der Waals surface area contributed by atoms with E-state index in [1.165, 1.54) is 19.1 Å². The molecule has 2 aromatic carbocycles. The molecule has 0 aliphatic carbocycles. The Bertz CT molecular complexity index is 877. The number of anilines is 1. The minimum Gasteiger partial charge on any atom is -0.489 e. The quantitative estimate of drug-likeness (QED) is 0.452. The summed E-state index contributed by atoms with van der Waals surface area (Å²) in [5.41, 5.74) is 2.63. The monoisotopic (exact) mass is 400 g/mol. The lowest BCUT2D eigenvalue weighted by molar-refractivity contribution is -0.116. The summed E-state index contributed by atoms with van der Waals surface area (Å²) >= 11 is 0. The number of ether oxygens (including phenoxy) is 2. The van der Waals surface area contributed by atoms with E-state index in [2.05, 4.69) is 5.16 Å². The fourth-order valence-corrected chi connectivity index (χ4v) is 3.30. The Labute approximate surface area is 169 Å². The third kappa shape index (κ3) is 5.32. The molecular formula is C22H25FN2O4. The molecule has 154 valence electrons. The number of halogens is 1. The van der Waals surface area contributed by atoms with Crippen LogP contribution in [0, 0.1) is 11.7 Å². The molecule has 0 saturated carbocycles. The van der Waals surface area contributed by atoms with Crippen LogP contribution in [0.15, 0.2) is 47.6 Å². The van der Waals surface area contributed by atoms with Gasteiger partial charge in [-0.3, -0.25) is 4.79 Å². The summed E-state index contributed by atoms with van der Waals surface area (Å²) in [6, 6.07) is 11.7. The Kier molecular flexibility index (Phi) is 6.82. The van der Waals surface area contributed by atoms with Crippen LogP contribution in [0.3, 0.4) is 0 Å². The molecule has 1 N–H and O–H groups in total. The number of amides is 1. The van der Waals surface area contributed by atoms with E-state index in [0.29, 0.717) is 30.2 Å². The van der Waals surface area contributed by atoms with Gasteiger partial charge in [-0.2, -0.15) is 0 Å². The highest BCUT2D eigenvalue weighted by molar-refractivity contribution is 6.02. The molecule has 1 fully saturated rings. The molecule has 2 aromatic rings. The van der Waals surface area contributed by atoms with E-state index in [1.54, 1.807) is 18.0 Å². The summed E-state index contributed by atoms with van der Waals surface area (Å²) in [4.78, 5) is 13.0. The van der Waals surface area contributed by atoms with E-state index in [1.807, 2.05) is 24.3 Å². The summed E-state index contributed by atoms with van der Waals surface area (Å²) in [6.45, 7) is 2.94. The molecule has 3 rings (SSSR count). The minimum atomic E-state index is -0.454. The normalized spacial score (nSPS) is 15.2. The summed E-state index contributed by atoms with van der Waals surface area (Å²) < 4.78 is 25.3. The number of hydrogen-bond donors (Lipinski definition) is 1.